The molecule has 1 aliphatic heterocycles. The van der Waals surface area contributed by atoms with Crippen LogP contribution in [0.4, 0.5) is 5.69 Å². The van der Waals surface area contributed by atoms with Crippen LogP contribution < -0.4 is 0 Å². The number of carbonyl (C=O) groups is 2. The SMILES string of the molecule is C=CCN1C(=O)/C(=C/c2cccc(C)c2)SC1=Nc1ccc(O)cc1C(=O)O. The number of aryl methyl sites for hydroxylation is 1. The van der Waals surface area contributed by atoms with Crippen LogP contribution in [0.25, 0.3) is 6.08 Å². The number of aliphatic imine (C=N–C) groups is 1. The van der Waals surface area contributed by atoms with Crippen LogP contribution in [-0.4, -0.2) is 38.7 Å². The van der Waals surface area contributed by atoms with Gasteiger partial charge in [-0.2, -0.15) is 0 Å². The number of amidine groups is 1. The second-order valence-electron chi connectivity index (χ2n) is 6.13. The van der Waals surface area contributed by atoms with Crippen LogP contribution in [0.15, 0.2) is 65.0 Å². The number of thioether (sulfide) groups is 1. The lowest BCUT2D eigenvalue weighted by Crippen LogP contribution is -2.29. The van der Waals surface area contributed by atoms with Crippen molar-refractivity contribution in [3.63, 3.8) is 0 Å². The molecule has 3 rings (SSSR count). The monoisotopic (exact) mass is 394 g/mol. The van der Waals surface area contributed by atoms with E-state index in [1.165, 1.54) is 28.8 Å². The van der Waals surface area contributed by atoms with Crippen molar-refractivity contribution >= 4 is 40.6 Å². The highest BCUT2D eigenvalue weighted by Crippen LogP contribution is 2.35. The van der Waals surface area contributed by atoms with Crippen molar-refractivity contribution in [2.75, 3.05) is 6.54 Å². The molecular weight excluding hydrogens is 376 g/mol. The van der Waals surface area contributed by atoms with E-state index < -0.39 is 5.97 Å². The molecule has 2 aromatic rings. The molecule has 142 valence electrons. The van der Waals surface area contributed by atoms with E-state index in [1.54, 1.807) is 12.2 Å². The molecule has 1 amide bonds. The number of hydrogen-bond acceptors (Lipinski definition) is 5. The first-order valence-electron chi connectivity index (χ1n) is 8.43. The van der Waals surface area contributed by atoms with Gasteiger partial charge in [-0.1, -0.05) is 35.9 Å². The van der Waals surface area contributed by atoms with Crippen molar-refractivity contribution in [2.45, 2.75) is 6.92 Å². The molecule has 1 saturated heterocycles. The fraction of sp³-hybridized carbons (Fsp3) is 0.0952. The third kappa shape index (κ3) is 4.15. The molecule has 2 aromatic carbocycles. The number of phenols is 1. The molecular formula is C21H18N2O4S. The smallest absolute Gasteiger partial charge is 0.338 e. The number of benzene rings is 2. The quantitative estimate of drug-likeness (QED) is 0.586. The zero-order valence-electron chi connectivity index (χ0n) is 15.1. The van der Waals surface area contributed by atoms with Crippen molar-refractivity contribution in [1.82, 2.24) is 4.90 Å². The average Bonchev–Trinajstić information content (AvgIpc) is 2.92. The number of aromatic carboxylic acids is 1. The Morgan fingerprint density at radius 3 is 2.75 bits per heavy atom. The number of phenolic OH excluding ortho intramolecular Hbond substituents is 1. The van der Waals surface area contributed by atoms with Gasteiger partial charge in [-0.15, -0.1) is 6.58 Å². The molecule has 0 bridgehead atoms. The molecule has 0 aliphatic carbocycles. The normalized spacial score (nSPS) is 16.8. The Hall–Kier alpha value is -3.32. The molecule has 0 spiro atoms. The van der Waals surface area contributed by atoms with Gasteiger partial charge in [-0.05, 0) is 48.5 Å². The fourth-order valence-corrected chi connectivity index (χ4v) is 3.69. The predicted octanol–water partition coefficient (Wildman–Crippen LogP) is 4.19. The van der Waals surface area contributed by atoms with Crippen molar-refractivity contribution in [3.05, 3.63) is 76.7 Å². The van der Waals surface area contributed by atoms with Crippen molar-refractivity contribution in [3.8, 4) is 5.75 Å². The Balaban J connectivity index is 2.03. The van der Waals surface area contributed by atoms with Gasteiger partial charge < -0.3 is 10.2 Å². The van der Waals surface area contributed by atoms with Crippen molar-refractivity contribution in [1.29, 1.82) is 0 Å². The Kier molecular flexibility index (Phi) is 5.65. The number of amides is 1. The molecule has 0 atom stereocenters. The largest absolute Gasteiger partial charge is 0.508 e. The average molecular weight is 394 g/mol. The summed E-state index contributed by atoms with van der Waals surface area (Å²) in [7, 11) is 0. The van der Waals surface area contributed by atoms with Gasteiger partial charge in [0.15, 0.2) is 5.17 Å². The van der Waals surface area contributed by atoms with E-state index in [4.69, 9.17) is 0 Å². The number of hydrogen-bond donors (Lipinski definition) is 2. The minimum Gasteiger partial charge on any atom is -0.508 e. The van der Waals surface area contributed by atoms with E-state index in [9.17, 15) is 19.8 Å². The van der Waals surface area contributed by atoms with E-state index in [1.807, 2.05) is 31.2 Å². The molecule has 0 radical (unpaired) electrons. The number of nitrogens with zero attached hydrogens (tertiary/aromatic N) is 2. The Bertz CT molecular complexity index is 1030. The van der Waals surface area contributed by atoms with E-state index >= 15 is 0 Å². The van der Waals surface area contributed by atoms with Crippen LogP contribution in [-0.2, 0) is 4.79 Å². The summed E-state index contributed by atoms with van der Waals surface area (Å²) >= 11 is 1.17. The van der Waals surface area contributed by atoms with Gasteiger partial charge in [0.05, 0.1) is 16.2 Å². The lowest BCUT2D eigenvalue weighted by Gasteiger charge is -2.13. The van der Waals surface area contributed by atoms with Gasteiger partial charge in [-0.3, -0.25) is 9.69 Å². The molecule has 1 aliphatic rings. The molecule has 1 fully saturated rings. The van der Waals surface area contributed by atoms with Crippen LogP contribution >= 0.6 is 11.8 Å². The third-order valence-electron chi connectivity index (χ3n) is 3.97. The van der Waals surface area contributed by atoms with Crippen molar-refractivity contribution in [2.24, 2.45) is 4.99 Å². The first kappa shape index (κ1) is 19.4. The number of rotatable bonds is 5. The van der Waals surface area contributed by atoms with E-state index in [-0.39, 0.29) is 29.5 Å². The highest BCUT2D eigenvalue weighted by Gasteiger charge is 2.33. The highest BCUT2D eigenvalue weighted by molar-refractivity contribution is 8.18. The predicted molar refractivity (Wildman–Crippen MR) is 111 cm³/mol. The first-order valence-corrected chi connectivity index (χ1v) is 9.24. The second kappa shape index (κ2) is 8.14. The molecule has 6 nitrogen and oxygen atoms in total. The number of carbonyl (C=O) groups excluding carboxylic acids is 1. The van der Waals surface area contributed by atoms with E-state index in [0.717, 1.165) is 17.2 Å². The van der Waals surface area contributed by atoms with Crippen LogP contribution in [0.3, 0.4) is 0 Å². The van der Waals surface area contributed by atoms with Crippen LogP contribution in [0.5, 0.6) is 5.75 Å². The molecule has 0 unspecified atom stereocenters. The molecule has 2 N–H and O–H groups in total. The first-order chi connectivity index (χ1) is 13.4. The maximum absolute atomic E-state index is 12.8. The molecule has 0 aromatic heterocycles. The molecule has 28 heavy (non-hydrogen) atoms. The summed E-state index contributed by atoms with van der Waals surface area (Å²) in [5, 5.41) is 19.3. The second-order valence-corrected chi connectivity index (χ2v) is 7.14. The summed E-state index contributed by atoms with van der Waals surface area (Å²) in [6.07, 6.45) is 3.37. The zero-order valence-corrected chi connectivity index (χ0v) is 15.9. The fourth-order valence-electron chi connectivity index (χ4n) is 2.69. The standard InChI is InChI=1S/C21H18N2O4S/c1-3-9-23-19(25)18(11-14-6-4-5-13(2)10-14)28-21(23)22-17-8-7-15(24)12-16(17)20(26)27/h3-8,10-12,24H,1,9H2,2H3,(H,26,27)/b18-11-,22-21?. The molecule has 7 heteroatoms. The number of aromatic hydroxyl groups is 1. The summed E-state index contributed by atoms with van der Waals surface area (Å²) in [5.41, 5.74) is 1.99. The maximum Gasteiger partial charge on any atom is 0.338 e. The summed E-state index contributed by atoms with van der Waals surface area (Å²) in [4.78, 5) is 30.6. The van der Waals surface area contributed by atoms with Gasteiger partial charge in [0.2, 0.25) is 0 Å². The van der Waals surface area contributed by atoms with Crippen LogP contribution in [0, 0.1) is 6.92 Å². The molecule has 1 heterocycles. The summed E-state index contributed by atoms with van der Waals surface area (Å²) in [5.74, 6) is -1.60. The third-order valence-corrected chi connectivity index (χ3v) is 4.97. The van der Waals surface area contributed by atoms with Crippen molar-refractivity contribution < 1.29 is 19.8 Å². The van der Waals surface area contributed by atoms with Gasteiger partial charge >= 0.3 is 5.97 Å². The maximum atomic E-state index is 12.8. The summed E-state index contributed by atoms with van der Waals surface area (Å²) in [6.45, 7) is 5.89. The minimum absolute atomic E-state index is 0.143. The topological polar surface area (TPSA) is 90.2 Å². The highest BCUT2D eigenvalue weighted by atomic mass is 32.2. The molecule has 0 saturated carbocycles. The lowest BCUT2D eigenvalue weighted by atomic mass is 10.1. The van der Waals surface area contributed by atoms with Crippen LogP contribution in [0.2, 0.25) is 0 Å². The summed E-state index contributed by atoms with van der Waals surface area (Å²) < 4.78 is 0. The van der Waals surface area contributed by atoms with E-state index in [0.29, 0.717) is 10.1 Å². The minimum atomic E-state index is -1.21. The van der Waals surface area contributed by atoms with Gasteiger partial charge in [0.25, 0.3) is 5.91 Å². The Morgan fingerprint density at radius 2 is 2.07 bits per heavy atom. The lowest BCUT2D eigenvalue weighted by molar-refractivity contribution is -0.121. The van der Waals surface area contributed by atoms with Gasteiger partial charge in [0.1, 0.15) is 5.75 Å². The zero-order chi connectivity index (χ0) is 20.3. The van der Waals surface area contributed by atoms with Crippen LogP contribution in [0.1, 0.15) is 21.5 Å². The van der Waals surface area contributed by atoms with Gasteiger partial charge in [0, 0.05) is 6.54 Å². The Morgan fingerprint density at radius 1 is 1.29 bits per heavy atom. The van der Waals surface area contributed by atoms with Gasteiger partial charge in [-0.25, -0.2) is 9.79 Å². The van der Waals surface area contributed by atoms with E-state index in [2.05, 4.69) is 11.6 Å². The Labute approximate surface area is 166 Å². The number of carboxylic acid groups (broad SMARTS) is 1. The number of carboxylic acids is 1. The summed E-state index contributed by atoms with van der Waals surface area (Å²) in [6, 6.07) is 11.7.